The molecule has 1 saturated carbocycles. The molecule has 1 amide bonds. The molecule has 0 bridgehead atoms. The van der Waals surface area contributed by atoms with E-state index in [0.717, 1.165) is 12.8 Å². The molecule has 0 aliphatic heterocycles. The van der Waals surface area contributed by atoms with Crippen molar-refractivity contribution >= 4 is 5.91 Å². The van der Waals surface area contributed by atoms with E-state index in [-0.39, 0.29) is 11.7 Å². The van der Waals surface area contributed by atoms with Crippen LogP contribution in [0.5, 0.6) is 0 Å². The van der Waals surface area contributed by atoms with Crippen LogP contribution in [0.1, 0.15) is 35.2 Å². The number of aromatic amines is 1. The first kappa shape index (κ1) is 12.8. The van der Waals surface area contributed by atoms with Crippen molar-refractivity contribution in [3.63, 3.8) is 0 Å². The normalized spacial score (nSPS) is 16.1. The summed E-state index contributed by atoms with van der Waals surface area (Å²) in [4.78, 5) is 15.1. The number of amides is 1. The fourth-order valence-corrected chi connectivity index (χ4v) is 1.27. The van der Waals surface area contributed by atoms with Gasteiger partial charge in [0.1, 0.15) is 5.82 Å². The first-order chi connectivity index (χ1) is 8.40. The van der Waals surface area contributed by atoms with E-state index in [1.54, 1.807) is 5.32 Å². The summed E-state index contributed by atoms with van der Waals surface area (Å²) in [5.41, 5.74) is 0. The summed E-state index contributed by atoms with van der Waals surface area (Å²) in [5, 5.41) is 7.73. The monoisotopic (exact) mass is 266 g/mol. The molecular weight excluding hydrogens is 256 g/mol. The molecular formula is C9H10F4N4O. The van der Waals surface area contributed by atoms with E-state index < -0.39 is 24.8 Å². The highest BCUT2D eigenvalue weighted by Gasteiger charge is 2.41. The average molecular weight is 266 g/mol. The molecule has 0 radical (unpaired) electrons. The number of carbonyl (C=O) groups is 1. The molecule has 1 aliphatic carbocycles. The van der Waals surface area contributed by atoms with E-state index >= 15 is 0 Å². The lowest BCUT2D eigenvalue weighted by atomic mass is 10.3. The van der Waals surface area contributed by atoms with E-state index in [1.165, 1.54) is 0 Å². The lowest BCUT2D eigenvalue weighted by Crippen LogP contribution is -2.41. The molecule has 0 atom stereocenters. The summed E-state index contributed by atoms with van der Waals surface area (Å²) in [6.45, 7) is -1.45. The van der Waals surface area contributed by atoms with E-state index in [2.05, 4.69) is 15.2 Å². The minimum absolute atomic E-state index is 0.224. The number of hydrogen-bond acceptors (Lipinski definition) is 3. The first-order valence-corrected chi connectivity index (χ1v) is 5.26. The van der Waals surface area contributed by atoms with Gasteiger partial charge < -0.3 is 5.32 Å². The molecule has 1 heterocycles. The van der Waals surface area contributed by atoms with Crippen molar-refractivity contribution in [2.45, 2.75) is 31.1 Å². The van der Waals surface area contributed by atoms with Crippen LogP contribution in [0.4, 0.5) is 17.6 Å². The highest BCUT2D eigenvalue weighted by Crippen LogP contribution is 2.37. The van der Waals surface area contributed by atoms with Crippen LogP contribution in [0.25, 0.3) is 0 Å². The summed E-state index contributed by atoms with van der Waals surface area (Å²) in [5.74, 6) is -4.84. The molecule has 0 aromatic carbocycles. The Morgan fingerprint density at radius 1 is 1.50 bits per heavy atom. The Bertz CT molecular complexity index is 444. The van der Waals surface area contributed by atoms with Gasteiger partial charge in [-0.2, -0.15) is 8.78 Å². The Balaban J connectivity index is 1.90. The van der Waals surface area contributed by atoms with E-state index in [1.807, 2.05) is 0 Å². The maximum Gasteiger partial charge on any atom is 0.324 e. The highest BCUT2D eigenvalue weighted by molar-refractivity contribution is 5.90. The van der Waals surface area contributed by atoms with Crippen molar-refractivity contribution in [3.05, 3.63) is 11.6 Å². The van der Waals surface area contributed by atoms with E-state index in [0.29, 0.717) is 5.82 Å². The maximum absolute atomic E-state index is 12.6. The quantitative estimate of drug-likeness (QED) is 0.789. The lowest BCUT2D eigenvalue weighted by Gasteiger charge is -2.14. The molecule has 100 valence electrons. The Labute approximate surface area is 99.0 Å². The first-order valence-electron chi connectivity index (χ1n) is 5.26. The minimum atomic E-state index is -4.26. The van der Waals surface area contributed by atoms with Gasteiger partial charge in [0.2, 0.25) is 5.82 Å². The molecule has 18 heavy (non-hydrogen) atoms. The molecule has 1 aromatic heterocycles. The Kier molecular flexibility index (Phi) is 3.22. The van der Waals surface area contributed by atoms with Crippen molar-refractivity contribution in [2.24, 2.45) is 0 Å². The number of nitrogens with one attached hydrogen (secondary N) is 2. The predicted octanol–water partition coefficient (Wildman–Crippen LogP) is 1.31. The van der Waals surface area contributed by atoms with Gasteiger partial charge in [0.15, 0.2) is 0 Å². The van der Waals surface area contributed by atoms with Gasteiger partial charge in [0.05, 0.1) is 6.54 Å². The van der Waals surface area contributed by atoms with Crippen LogP contribution in [-0.2, 0) is 0 Å². The lowest BCUT2D eigenvalue weighted by molar-refractivity contribution is -0.123. The van der Waals surface area contributed by atoms with Crippen LogP contribution in [0.2, 0.25) is 0 Å². The largest absolute Gasteiger partial charge is 0.343 e. The van der Waals surface area contributed by atoms with Gasteiger partial charge in [0, 0.05) is 5.92 Å². The second-order valence-corrected chi connectivity index (χ2v) is 4.06. The van der Waals surface area contributed by atoms with Crippen molar-refractivity contribution in [2.75, 3.05) is 6.54 Å². The number of alkyl halides is 4. The number of halogens is 4. The summed E-state index contributed by atoms with van der Waals surface area (Å²) in [7, 11) is 0. The van der Waals surface area contributed by atoms with Crippen molar-refractivity contribution < 1.29 is 22.4 Å². The van der Waals surface area contributed by atoms with E-state index in [4.69, 9.17) is 0 Å². The minimum Gasteiger partial charge on any atom is -0.343 e. The number of rotatable bonds is 5. The second kappa shape index (κ2) is 4.54. The van der Waals surface area contributed by atoms with Gasteiger partial charge in [-0.1, -0.05) is 0 Å². The zero-order valence-electron chi connectivity index (χ0n) is 9.09. The molecule has 2 rings (SSSR count). The van der Waals surface area contributed by atoms with Gasteiger partial charge in [-0.3, -0.25) is 9.89 Å². The Morgan fingerprint density at radius 2 is 2.17 bits per heavy atom. The van der Waals surface area contributed by atoms with Crippen molar-refractivity contribution in [1.29, 1.82) is 0 Å². The van der Waals surface area contributed by atoms with Gasteiger partial charge in [-0.15, -0.1) is 5.10 Å². The van der Waals surface area contributed by atoms with Crippen molar-refractivity contribution in [3.8, 4) is 0 Å². The molecule has 1 fully saturated rings. The number of aromatic nitrogens is 3. The van der Waals surface area contributed by atoms with Crippen LogP contribution < -0.4 is 5.32 Å². The van der Waals surface area contributed by atoms with Crippen LogP contribution in [0.3, 0.4) is 0 Å². The average Bonchev–Trinajstić information content (AvgIpc) is 3.04. The van der Waals surface area contributed by atoms with Crippen LogP contribution in [0, 0.1) is 0 Å². The topological polar surface area (TPSA) is 70.7 Å². The van der Waals surface area contributed by atoms with Gasteiger partial charge in [-0.25, -0.2) is 13.8 Å². The van der Waals surface area contributed by atoms with Crippen LogP contribution >= 0.6 is 0 Å². The SMILES string of the molecule is O=C(NCC(F)(F)C(F)F)c1n[nH]c(C2CC2)n1. The standard InChI is InChI=1S/C9H10F4N4O/c10-8(11)9(12,13)3-14-7(18)6-15-5(16-17-6)4-1-2-4/h4,8H,1-3H2,(H,14,18)(H,15,16,17). The van der Waals surface area contributed by atoms with Crippen molar-refractivity contribution in [1.82, 2.24) is 20.5 Å². The van der Waals surface area contributed by atoms with Crippen LogP contribution in [-0.4, -0.2) is 40.0 Å². The molecule has 9 heteroatoms. The third kappa shape index (κ3) is 2.77. The molecule has 0 saturated heterocycles. The number of hydrogen-bond donors (Lipinski definition) is 2. The zero-order chi connectivity index (χ0) is 13.3. The molecule has 1 aromatic rings. The predicted molar refractivity (Wildman–Crippen MR) is 51.6 cm³/mol. The zero-order valence-corrected chi connectivity index (χ0v) is 9.09. The van der Waals surface area contributed by atoms with E-state index in [9.17, 15) is 22.4 Å². The summed E-state index contributed by atoms with van der Waals surface area (Å²) < 4.78 is 48.8. The highest BCUT2D eigenvalue weighted by atomic mass is 19.3. The number of carbonyl (C=O) groups excluding carboxylic acids is 1. The summed E-state index contributed by atoms with van der Waals surface area (Å²) in [6, 6.07) is 0. The van der Waals surface area contributed by atoms with Crippen LogP contribution in [0.15, 0.2) is 0 Å². The molecule has 0 spiro atoms. The third-order valence-electron chi connectivity index (χ3n) is 2.47. The number of nitrogens with zero attached hydrogens (tertiary/aromatic N) is 2. The summed E-state index contributed by atoms with van der Waals surface area (Å²) >= 11 is 0. The Morgan fingerprint density at radius 3 is 2.72 bits per heavy atom. The molecule has 0 unspecified atom stereocenters. The van der Waals surface area contributed by atoms with Gasteiger partial charge in [0.25, 0.3) is 5.91 Å². The molecule has 5 nitrogen and oxygen atoms in total. The fraction of sp³-hybridized carbons (Fsp3) is 0.667. The summed E-state index contributed by atoms with van der Waals surface area (Å²) in [6.07, 6.45) is -1.97. The second-order valence-electron chi connectivity index (χ2n) is 4.06. The number of H-pyrrole nitrogens is 1. The molecule has 1 aliphatic rings. The van der Waals surface area contributed by atoms with Gasteiger partial charge >= 0.3 is 12.3 Å². The third-order valence-corrected chi connectivity index (χ3v) is 2.47. The fourth-order valence-electron chi connectivity index (χ4n) is 1.27. The smallest absolute Gasteiger partial charge is 0.324 e. The Hall–Kier alpha value is -1.67. The molecule has 2 N–H and O–H groups in total. The maximum atomic E-state index is 12.6. The van der Waals surface area contributed by atoms with Gasteiger partial charge in [-0.05, 0) is 12.8 Å².